The number of rotatable bonds is 3. The fraction of sp³-hybridized carbons (Fsp3) is 0.778. The number of likely N-dealkylation sites (tertiary alicyclic amines) is 2. The molecule has 2 saturated heterocycles. The Bertz CT molecular complexity index is 611. The van der Waals surface area contributed by atoms with Gasteiger partial charge in [-0.3, -0.25) is 14.4 Å². The van der Waals surface area contributed by atoms with Gasteiger partial charge in [0, 0.05) is 26.7 Å². The molecule has 11 nitrogen and oxygen atoms in total. The number of carbonyl (C=O) groups excluding carboxylic acids is 1. The largest absolute Gasteiger partial charge is 0.481 e. The van der Waals surface area contributed by atoms with Gasteiger partial charge in [0.2, 0.25) is 0 Å². The van der Waals surface area contributed by atoms with Crippen LogP contribution in [0.15, 0.2) is 0 Å². The highest BCUT2D eigenvalue weighted by atomic mass is 16.7. The molecule has 3 N–H and O–H groups in total. The molecule has 0 radical (unpaired) electrons. The lowest BCUT2D eigenvalue weighted by Crippen LogP contribution is -2.47. The number of amides is 3. The van der Waals surface area contributed by atoms with Crippen LogP contribution in [-0.2, 0) is 14.4 Å². The third kappa shape index (κ3) is 6.21. The van der Waals surface area contributed by atoms with Gasteiger partial charge in [0.05, 0.1) is 25.0 Å². The van der Waals surface area contributed by atoms with Gasteiger partial charge < -0.3 is 25.1 Å². The Morgan fingerprint density at radius 2 is 1.59 bits per heavy atom. The maximum atomic E-state index is 11.5. The van der Waals surface area contributed by atoms with Gasteiger partial charge in [0.25, 0.3) is 5.91 Å². The summed E-state index contributed by atoms with van der Waals surface area (Å²) in [6.45, 7) is 6.61. The van der Waals surface area contributed by atoms with Gasteiger partial charge in [-0.25, -0.2) is 14.7 Å². The average molecular weight is 417 g/mol. The number of hydrogen-bond acceptors (Lipinski definition) is 5. The first-order valence-corrected chi connectivity index (χ1v) is 9.33. The standard InChI is InChI=1S/C10H17NO4.C8H14N2O4/c1-10(2,3)7-6(8(12)13)4-5-11(7)9(14)15;1-9(14-2)7(11)6-3-4-10(5-6)8(12)13/h6-7H,4-5H2,1-3H3,(H,12,13)(H,14,15);6H,3-5H2,1-2H3,(H,12,13). The molecule has 3 atom stereocenters. The van der Waals surface area contributed by atoms with E-state index in [0.29, 0.717) is 25.9 Å². The molecule has 0 aromatic heterocycles. The van der Waals surface area contributed by atoms with Crippen LogP contribution in [0.2, 0.25) is 0 Å². The lowest BCUT2D eigenvalue weighted by molar-refractivity contribution is -0.172. The Kier molecular flexibility index (Phi) is 8.25. The van der Waals surface area contributed by atoms with E-state index in [4.69, 9.17) is 20.2 Å². The molecule has 2 rings (SSSR count). The van der Waals surface area contributed by atoms with E-state index in [9.17, 15) is 19.2 Å². The average Bonchev–Trinajstić information content (AvgIpc) is 3.27. The smallest absolute Gasteiger partial charge is 0.407 e. The van der Waals surface area contributed by atoms with Crippen LogP contribution in [0.1, 0.15) is 33.6 Å². The van der Waals surface area contributed by atoms with E-state index in [2.05, 4.69) is 0 Å². The summed E-state index contributed by atoms with van der Waals surface area (Å²) >= 11 is 0. The number of carbonyl (C=O) groups is 4. The van der Waals surface area contributed by atoms with Crippen molar-refractivity contribution in [3.63, 3.8) is 0 Å². The number of carboxylic acid groups (broad SMARTS) is 3. The molecule has 2 fully saturated rings. The highest BCUT2D eigenvalue weighted by Gasteiger charge is 2.47. The molecular formula is C18H31N3O8. The quantitative estimate of drug-likeness (QED) is 0.585. The predicted molar refractivity (Wildman–Crippen MR) is 101 cm³/mol. The number of hydroxylamine groups is 2. The minimum absolute atomic E-state index is 0.170. The maximum absolute atomic E-state index is 11.5. The SMILES string of the molecule is CC(C)(C)C1C(C(=O)O)CCN1C(=O)O.CON(C)C(=O)C1CCN(C(=O)O)C1. The first-order valence-electron chi connectivity index (χ1n) is 9.33. The van der Waals surface area contributed by atoms with Crippen LogP contribution in [-0.4, -0.2) is 94.1 Å². The monoisotopic (exact) mass is 417 g/mol. The van der Waals surface area contributed by atoms with Crippen molar-refractivity contribution < 1.29 is 39.3 Å². The summed E-state index contributed by atoms with van der Waals surface area (Å²) in [6, 6.07) is -0.438. The number of aliphatic carboxylic acids is 1. The van der Waals surface area contributed by atoms with E-state index < -0.39 is 30.1 Å². The molecule has 0 aromatic rings. The van der Waals surface area contributed by atoms with Gasteiger partial charge in [-0.2, -0.15) is 0 Å². The summed E-state index contributed by atoms with van der Waals surface area (Å²) in [7, 11) is 2.92. The fourth-order valence-electron chi connectivity index (χ4n) is 3.82. The van der Waals surface area contributed by atoms with Gasteiger partial charge >= 0.3 is 18.2 Å². The van der Waals surface area contributed by atoms with Crippen molar-refractivity contribution >= 4 is 24.1 Å². The molecule has 11 heteroatoms. The van der Waals surface area contributed by atoms with Crippen molar-refractivity contribution in [2.45, 2.75) is 39.7 Å². The van der Waals surface area contributed by atoms with Gasteiger partial charge in [-0.15, -0.1) is 0 Å². The van der Waals surface area contributed by atoms with Crippen LogP contribution >= 0.6 is 0 Å². The summed E-state index contributed by atoms with van der Waals surface area (Å²) in [6.07, 6.45) is -1.03. The molecule has 2 aliphatic heterocycles. The Hall–Kier alpha value is -2.56. The van der Waals surface area contributed by atoms with E-state index in [0.717, 1.165) is 5.06 Å². The van der Waals surface area contributed by atoms with E-state index in [-0.39, 0.29) is 23.8 Å². The second kappa shape index (κ2) is 9.77. The third-order valence-electron chi connectivity index (χ3n) is 5.24. The molecule has 0 bridgehead atoms. The van der Waals surface area contributed by atoms with Crippen LogP contribution in [0, 0.1) is 17.3 Å². The first kappa shape index (κ1) is 24.5. The lowest BCUT2D eigenvalue weighted by Gasteiger charge is -2.35. The van der Waals surface area contributed by atoms with Gasteiger partial charge in [0.1, 0.15) is 0 Å². The Labute approximate surface area is 169 Å². The fourth-order valence-corrected chi connectivity index (χ4v) is 3.82. The third-order valence-corrected chi connectivity index (χ3v) is 5.24. The summed E-state index contributed by atoms with van der Waals surface area (Å²) < 4.78 is 0. The Morgan fingerprint density at radius 1 is 1.00 bits per heavy atom. The number of nitrogens with zero attached hydrogens (tertiary/aromatic N) is 3. The van der Waals surface area contributed by atoms with Crippen molar-refractivity contribution in [2.75, 3.05) is 33.8 Å². The summed E-state index contributed by atoms with van der Waals surface area (Å²) in [5, 5.41) is 27.8. The van der Waals surface area contributed by atoms with Crippen molar-refractivity contribution in [3.05, 3.63) is 0 Å². The van der Waals surface area contributed by atoms with Crippen LogP contribution in [0.4, 0.5) is 9.59 Å². The van der Waals surface area contributed by atoms with Crippen molar-refractivity contribution in [1.29, 1.82) is 0 Å². The first-order chi connectivity index (χ1) is 13.3. The number of hydrogen-bond donors (Lipinski definition) is 3. The summed E-state index contributed by atoms with van der Waals surface area (Å²) in [4.78, 5) is 51.3. The molecule has 0 saturated carbocycles. The van der Waals surface area contributed by atoms with Gasteiger partial charge in [-0.05, 0) is 18.3 Å². The van der Waals surface area contributed by atoms with Crippen LogP contribution in [0.5, 0.6) is 0 Å². The van der Waals surface area contributed by atoms with Gasteiger partial charge in [-0.1, -0.05) is 20.8 Å². The van der Waals surface area contributed by atoms with Gasteiger partial charge in [0.15, 0.2) is 0 Å². The molecule has 2 heterocycles. The van der Waals surface area contributed by atoms with Crippen molar-refractivity contribution in [2.24, 2.45) is 17.3 Å². The van der Waals surface area contributed by atoms with Crippen molar-refractivity contribution in [1.82, 2.24) is 14.9 Å². The maximum Gasteiger partial charge on any atom is 0.407 e. The van der Waals surface area contributed by atoms with E-state index in [1.807, 2.05) is 20.8 Å². The number of carboxylic acids is 1. The summed E-state index contributed by atoms with van der Waals surface area (Å²) in [5.41, 5.74) is -0.349. The molecule has 166 valence electrons. The zero-order valence-electron chi connectivity index (χ0n) is 17.5. The molecule has 29 heavy (non-hydrogen) atoms. The second-order valence-electron chi connectivity index (χ2n) is 8.25. The zero-order valence-corrected chi connectivity index (χ0v) is 17.5. The molecular weight excluding hydrogens is 386 g/mol. The van der Waals surface area contributed by atoms with Crippen molar-refractivity contribution in [3.8, 4) is 0 Å². The normalized spacial score (nSPS) is 24.0. The lowest BCUT2D eigenvalue weighted by atomic mass is 9.79. The summed E-state index contributed by atoms with van der Waals surface area (Å²) in [5.74, 6) is -1.92. The molecule has 3 amide bonds. The van der Waals surface area contributed by atoms with Crippen LogP contribution in [0.3, 0.4) is 0 Å². The Morgan fingerprint density at radius 3 is 1.97 bits per heavy atom. The molecule has 0 spiro atoms. The minimum atomic E-state index is -1.03. The van der Waals surface area contributed by atoms with E-state index in [1.54, 1.807) is 0 Å². The zero-order chi connectivity index (χ0) is 22.5. The molecule has 3 unspecified atom stereocenters. The van der Waals surface area contributed by atoms with Crippen LogP contribution < -0.4 is 0 Å². The molecule has 2 aliphatic rings. The van der Waals surface area contributed by atoms with E-state index in [1.165, 1.54) is 24.0 Å². The predicted octanol–water partition coefficient (Wildman–Crippen LogP) is 1.49. The topological polar surface area (TPSA) is 148 Å². The highest BCUT2D eigenvalue weighted by Crippen LogP contribution is 2.37. The molecule has 0 aliphatic carbocycles. The Balaban J connectivity index is 0.000000291. The molecule has 0 aromatic carbocycles. The van der Waals surface area contributed by atoms with E-state index >= 15 is 0 Å². The highest BCUT2D eigenvalue weighted by molar-refractivity contribution is 5.79. The van der Waals surface area contributed by atoms with Crippen LogP contribution in [0.25, 0.3) is 0 Å². The minimum Gasteiger partial charge on any atom is -0.481 e. The second-order valence-corrected chi connectivity index (χ2v) is 8.25.